The van der Waals surface area contributed by atoms with Crippen LogP contribution in [0.3, 0.4) is 0 Å². The van der Waals surface area contributed by atoms with Crippen LogP contribution in [-0.2, 0) is 65.4 Å². The van der Waals surface area contributed by atoms with Crippen molar-refractivity contribution in [1.82, 2.24) is 0 Å². The third-order valence-corrected chi connectivity index (χ3v) is 19.9. The summed E-state index contributed by atoms with van der Waals surface area (Å²) < 4.78 is 68.6. The molecule has 0 aliphatic rings. The van der Waals surface area contributed by atoms with E-state index in [-0.39, 0.29) is 25.7 Å². The second-order valence-corrected chi connectivity index (χ2v) is 31.1. The van der Waals surface area contributed by atoms with Crippen LogP contribution in [0.4, 0.5) is 0 Å². The lowest BCUT2D eigenvalue weighted by molar-refractivity contribution is -0.161. The maximum Gasteiger partial charge on any atom is 0.472 e. The molecule has 0 radical (unpaired) electrons. The lowest BCUT2D eigenvalue weighted by Crippen LogP contribution is -2.30. The molecule has 2 unspecified atom stereocenters. The number of hydrogen-bond donors (Lipinski definition) is 3. The fraction of sp³-hybridized carbons (Fsp3) is 0.948. The molecule has 19 heteroatoms. The number of carbonyl (C=O) groups excluding carboxylic acids is 4. The molecule has 0 spiro atoms. The molecule has 0 bridgehead atoms. The molecular formula is C77H150O17P2. The lowest BCUT2D eigenvalue weighted by atomic mass is 10.0. The maximum atomic E-state index is 13.1. The van der Waals surface area contributed by atoms with Gasteiger partial charge in [-0.2, -0.15) is 0 Å². The SMILES string of the molecule is CCCCCCCCCCCCCCCCCCCC(=O)O[C@H](COC(=O)CCCCCCCCCCCCCCC(C)C)COP(=O)(O)OC[C@@H](O)COP(=O)(O)OC[C@@H](COC(=O)CCCCCCCCCCCC)OC(=O)CCCCCCCCCCCCCCCC. The van der Waals surface area contributed by atoms with Gasteiger partial charge in [0.2, 0.25) is 0 Å². The zero-order valence-corrected chi connectivity index (χ0v) is 64.3. The fourth-order valence-electron chi connectivity index (χ4n) is 11.9. The number of aliphatic hydroxyl groups excluding tert-OH is 1. The third kappa shape index (κ3) is 70.5. The molecule has 0 aromatic heterocycles. The number of carbonyl (C=O) groups is 4. The van der Waals surface area contributed by atoms with Gasteiger partial charge in [0.1, 0.15) is 19.3 Å². The molecule has 0 aliphatic heterocycles. The van der Waals surface area contributed by atoms with E-state index in [0.717, 1.165) is 95.8 Å². The van der Waals surface area contributed by atoms with Crippen LogP contribution in [0.25, 0.3) is 0 Å². The molecule has 0 amide bonds. The van der Waals surface area contributed by atoms with Crippen molar-refractivity contribution in [2.24, 2.45) is 5.92 Å². The number of rotatable bonds is 77. The average Bonchev–Trinajstić information content (AvgIpc) is 1.12. The summed E-state index contributed by atoms with van der Waals surface area (Å²) in [6.07, 6.45) is 59.5. The zero-order valence-electron chi connectivity index (χ0n) is 62.5. The normalized spacial score (nSPS) is 13.9. The van der Waals surface area contributed by atoms with Crippen LogP contribution in [0.5, 0.6) is 0 Å². The van der Waals surface area contributed by atoms with Crippen molar-refractivity contribution in [2.45, 2.75) is 425 Å². The van der Waals surface area contributed by atoms with Gasteiger partial charge in [-0.25, -0.2) is 9.13 Å². The summed E-state index contributed by atoms with van der Waals surface area (Å²) in [5, 5.41) is 10.6. The molecule has 3 N–H and O–H groups in total. The van der Waals surface area contributed by atoms with Crippen molar-refractivity contribution in [1.29, 1.82) is 0 Å². The molecule has 96 heavy (non-hydrogen) atoms. The van der Waals surface area contributed by atoms with E-state index in [1.807, 2.05) is 0 Å². The van der Waals surface area contributed by atoms with E-state index >= 15 is 0 Å². The summed E-state index contributed by atoms with van der Waals surface area (Å²) in [6.45, 7) is 7.32. The fourth-order valence-corrected chi connectivity index (χ4v) is 13.5. The quantitative estimate of drug-likeness (QED) is 0.0222. The van der Waals surface area contributed by atoms with Crippen molar-refractivity contribution < 1.29 is 80.2 Å². The maximum absolute atomic E-state index is 13.1. The van der Waals surface area contributed by atoms with Crippen LogP contribution in [0.2, 0.25) is 0 Å². The Balaban J connectivity index is 5.24. The number of unbranched alkanes of at least 4 members (excludes halogenated alkanes) is 49. The van der Waals surface area contributed by atoms with Gasteiger partial charge in [0.05, 0.1) is 26.4 Å². The minimum absolute atomic E-state index is 0.108. The van der Waals surface area contributed by atoms with Crippen molar-refractivity contribution in [3.8, 4) is 0 Å². The van der Waals surface area contributed by atoms with Gasteiger partial charge in [-0.15, -0.1) is 0 Å². The largest absolute Gasteiger partial charge is 0.472 e. The van der Waals surface area contributed by atoms with E-state index in [0.29, 0.717) is 25.7 Å². The molecular weight excluding hydrogens is 1260 g/mol. The Morgan fingerprint density at radius 2 is 0.479 bits per heavy atom. The highest BCUT2D eigenvalue weighted by atomic mass is 31.2. The van der Waals surface area contributed by atoms with Gasteiger partial charge in [-0.3, -0.25) is 37.3 Å². The van der Waals surface area contributed by atoms with Crippen LogP contribution in [-0.4, -0.2) is 96.7 Å². The minimum atomic E-state index is -4.96. The van der Waals surface area contributed by atoms with Gasteiger partial charge in [0.25, 0.3) is 0 Å². The molecule has 0 fully saturated rings. The number of phosphoric acid groups is 2. The van der Waals surface area contributed by atoms with Crippen LogP contribution in [0, 0.1) is 5.92 Å². The van der Waals surface area contributed by atoms with Crippen molar-refractivity contribution in [2.75, 3.05) is 39.6 Å². The zero-order chi connectivity index (χ0) is 70.5. The summed E-state index contributed by atoms with van der Waals surface area (Å²) in [5.74, 6) is -1.33. The Labute approximate surface area is 588 Å². The lowest BCUT2D eigenvalue weighted by Gasteiger charge is -2.21. The van der Waals surface area contributed by atoms with Crippen LogP contribution >= 0.6 is 15.6 Å². The first-order chi connectivity index (χ1) is 46.5. The molecule has 0 rings (SSSR count). The summed E-state index contributed by atoms with van der Waals surface area (Å²) in [6, 6.07) is 0. The Hall–Kier alpha value is -1.94. The van der Waals surface area contributed by atoms with E-state index in [4.69, 9.17) is 37.0 Å². The van der Waals surface area contributed by atoms with Crippen molar-refractivity contribution in [3.05, 3.63) is 0 Å². The van der Waals surface area contributed by atoms with E-state index in [2.05, 4.69) is 34.6 Å². The first-order valence-corrected chi connectivity index (χ1v) is 43.1. The Bertz CT molecular complexity index is 1840. The highest BCUT2D eigenvalue weighted by Gasteiger charge is 2.30. The van der Waals surface area contributed by atoms with Gasteiger partial charge < -0.3 is 33.8 Å². The molecule has 570 valence electrons. The summed E-state index contributed by atoms with van der Waals surface area (Å²) in [5.41, 5.74) is 0. The first kappa shape index (κ1) is 94.1. The molecule has 17 nitrogen and oxygen atoms in total. The highest BCUT2D eigenvalue weighted by Crippen LogP contribution is 2.45. The second kappa shape index (κ2) is 70.1. The number of aliphatic hydroxyl groups is 1. The van der Waals surface area contributed by atoms with Crippen molar-refractivity contribution >= 4 is 39.5 Å². The van der Waals surface area contributed by atoms with E-state index in [9.17, 15) is 43.2 Å². The number of ether oxygens (including phenoxy) is 4. The predicted octanol–water partition coefficient (Wildman–Crippen LogP) is 22.9. The number of phosphoric ester groups is 2. The second-order valence-electron chi connectivity index (χ2n) is 28.2. The molecule has 0 saturated carbocycles. The van der Waals surface area contributed by atoms with Gasteiger partial charge >= 0.3 is 39.5 Å². The van der Waals surface area contributed by atoms with Crippen molar-refractivity contribution in [3.63, 3.8) is 0 Å². The van der Waals surface area contributed by atoms with E-state index < -0.39 is 97.5 Å². The van der Waals surface area contributed by atoms with Crippen LogP contribution in [0.15, 0.2) is 0 Å². The van der Waals surface area contributed by atoms with Gasteiger partial charge in [0, 0.05) is 25.7 Å². The number of hydrogen-bond acceptors (Lipinski definition) is 15. The molecule has 0 aromatic rings. The van der Waals surface area contributed by atoms with E-state index in [1.165, 1.54) is 231 Å². The van der Waals surface area contributed by atoms with Crippen LogP contribution < -0.4 is 0 Å². The average molecular weight is 1410 g/mol. The Morgan fingerprint density at radius 3 is 0.708 bits per heavy atom. The predicted molar refractivity (Wildman–Crippen MR) is 391 cm³/mol. The van der Waals surface area contributed by atoms with Crippen LogP contribution in [0.1, 0.15) is 407 Å². The van der Waals surface area contributed by atoms with Gasteiger partial charge in [-0.1, -0.05) is 356 Å². The Kier molecular flexibility index (Phi) is 68.7. The van der Waals surface area contributed by atoms with E-state index in [1.54, 1.807) is 0 Å². The topological polar surface area (TPSA) is 237 Å². The molecule has 5 atom stereocenters. The first-order valence-electron chi connectivity index (χ1n) is 40.1. The highest BCUT2D eigenvalue weighted by molar-refractivity contribution is 7.47. The molecule has 0 saturated heterocycles. The molecule has 0 aromatic carbocycles. The monoisotopic (exact) mass is 1410 g/mol. The summed E-state index contributed by atoms with van der Waals surface area (Å²) in [7, 11) is -9.91. The molecule has 0 aliphatic carbocycles. The van der Waals surface area contributed by atoms with Gasteiger partial charge in [0.15, 0.2) is 12.2 Å². The standard InChI is InChI=1S/C77H150O17P2/c1-6-9-12-15-18-21-24-26-28-29-30-32-38-43-48-53-58-63-77(82)94-73(67-88-75(80)61-56-51-46-41-36-34-33-35-39-44-49-54-59-70(4)5)69-92-96(85,86)90-65-71(78)64-89-95(83,84)91-68-72(66-87-74(79)60-55-50-45-40-23-20-17-14-11-8-3)93-76(81)62-57-52-47-42-37-31-27-25-22-19-16-13-10-7-2/h70-73,78H,6-69H2,1-5H3,(H,83,84)(H,85,86)/t71-,72+,73+/m0/s1. The summed E-state index contributed by atoms with van der Waals surface area (Å²) in [4.78, 5) is 72.9. The third-order valence-electron chi connectivity index (χ3n) is 18.0. The smallest absolute Gasteiger partial charge is 0.462 e. The minimum Gasteiger partial charge on any atom is -0.462 e. The summed E-state index contributed by atoms with van der Waals surface area (Å²) >= 11 is 0. The number of esters is 4. The van der Waals surface area contributed by atoms with Gasteiger partial charge in [-0.05, 0) is 31.6 Å². The Morgan fingerprint density at radius 1 is 0.281 bits per heavy atom. The molecule has 0 heterocycles.